The Kier molecular flexibility index (Phi) is 5.88. The van der Waals surface area contributed by atoms with Gasteiger partial charge in [-0.15, -0.1) is 0 Å². The zero-order valence-electron chi connectivity index (χ0n) is 12.7. The molecule has 0 spiro atoms. The first-order chi connectivity index (χ1) is 10.0. The number of likely N-dealkylation sites (tertiary alicyclic amines) is 1. The third-order valence-electron chi connectivity index (χ3n) is 4.08. The molecule has 2 rings (SSSR count). The molecule has 0 aliphatic carbocycles. The van der Waals surface area contributed by atoms with Crippen LogP contribution >= 0.6 is 11.6 Å². The van der Waals surface area contributed by atoms with Crippen LogP contribution in [0.3, 0.4) is 0 Å². The zero-order chi connectivity index (χ0) is 15.2. The van der Waals surface area contributed by atoms with Gasteiger partial charge in [-0.05, 0) is 57.0 Å². The van der Waals surface area contributed by atoms with Gasteiger partial charge in [-0.1, -0.05) is 24.6 Å². The number of nitrogens with zero attached hydrogens (tertiary/aromatic N) is 1. The van der Waals surface area contributed by atoms with Crippen molar-refractivity contribution in [3.05, 3.63) is 29.3 Å². The number of halogens is 1. The molecule has 21 heavy (non-hydrogen) atoms. The summed E-state index contributed by atoms with van der Waals surface area (Å²) in [6.07, 6.45) is 2.50. The molecule has 1 aliphatic heterocycles. The zero-order valence-corrected chi connectivity index (χ0v) is 13.5. The maximum absolute atomic E-state index is 11.9. The summed E-state index contributed by atoms with van der Waals surface area (Å²) in [5.41, 5.74) is 0.708. The number of amides is 2. The molecule has 0 aromatic heterocycles. The third kappa shape index (κ3) is 5.21. The van der Waals surface area contributed by atoms with E-state index in [0.29, 0.717) is 23.3 Å². The normalized spacial score (nSPS) is 18.2. The van der Waals surface area contributed by atoms with Gasteiger partial charge in [-0.3, -0.25) is 4.90 Å². The van der Waals surface area contributed by atoms with E-state index in [1.54, 1.807) is 12.1 Å². The van der Waals surface area contributed by atoms with E-state index in [1.165, 1.54) is 12.8 Å². The topological polar surface area (TPSA) is 44.4 Å². The Bertz CT molecular complexity index is 472. The molecule has 116 valence electrons. The number of hydrogen-bond donors (Lipinski definition) is 2. The summed E-state index contributed by atoms with van der Waals surface area (Å²) in [5.74, 6) is 0.826. The van der Waals surface area contributed by atoms with Crippen molar-refractivity contribution in [1.29, 1.82) is 0 Å². The fraction of sp³-hybridized carbons (Fsp3) is 0.562. The van der Waals surface area contributed by atoms with Crippen LogP contribution in [0.15, 0.2) is 24.3 Å². The van der Waals surface area contributed by atoms with E-state index in [-0.39, 0.29) is 6.03 Å². The van der Waals surface area contributed by atoms with Crippen LogP contribution in [0.2, 0.25) is 5.02 Å². The second-order valence-corrected chi connectivity index (χ2v) is 6.35. The molecule has 4 nitrogen and oxygen atoms in total. The second kappa shape index (κ2) is 7.66. The lowest BCUT2D eigenvalue weighted by Crippen LogP contribution is -2.46. The minimum Gasteiger partial charge on any atom is -0.336 e. The monoisotopic (exact) mass is 309 g/mol. The highest BCUT2D eigenvalue weighted by Gasteiger charge is 2.20. The lowest BCUT2D eigenvalue weighted by molar-refractivity contribution is 0.146. The summed E-state index contributed by atoms with van der Waals surface area (Å²) in [4.78, 5) is 14.3. The number of anilines is 1. The van der Waals surface area contributed by atoms with Crippen LogP contribution in [0.5, 0.6) is 0 Å². The molecule has 5 heteroatoms. The number of hydrogen-bond acceptors (Lipinski definition) is 2. The van der Waals surface area contributed by atoms with Gasteiger partial charge in [0.1, 0.15) is 0 Å². The number of carbonyl (C=O) groups excluding carboxylic acids is 1. The highest BCUT2D eigenvalue weighted by atomic mass is 35.5. The minimum atomic E-state index is -0.186. The van der Waals surface area contributed by atoms with Crippen molar-refractivity contribution in [1.82, 2.24) is 10.2 Å². The highest BCUT2D eigenvalue weighted by molar-refractivity contribution is 6.30. The quantitative estimate of drug-likeness (QED) is 0.893. The first kappa shape index (κ1) is 16.1. The Labute approximate surface area is 131 Å². The van der Waals surface area contributed by atoms with Gasteiger partial charge in [0.05, 0.1) is 0 Å². The molecule has 0 saturated carbocycles. The molecule has 1 aromatic rings. The van der Waals surface area contributed by atoms with Crippen molar-refractivity contribution >= 4 is 23.3 Å². The first-order valence-corrected chi connectivity index (χ1v) is 7.97. The van der Waals surface area contributed by atoms with E-state index in [1.807, 2.05) is 12.1 Å². The molecular formula is C16H24ClN3O. The van der Waals surface area contributed by atoms with Crippen molar-refractivity contribution in [2.75, 3.05) is 25.0 Å². The molecule has 2 amide bonds. The number of nitrogens with one attached hydrogen (secondary N) is 2. The summed E-state index contributed by atoms with van der Waals surface area (Å²) in [5, 5.41) is 6.33. The summed E-state index contributed by atoms with van der Waals surface area (Å²) in [7, 11) is 0. The molecule has 1 aromatic carbocycles. The predicted octanol–water partition coefficient (Wildman–Crippen LogP) is 3.58. The number of urea groups is 1. The maximum atomic E-state index is 11.9. The van der Waals surface area contributed by atoms with Gasteiger partial charge < -0.3 is 10.6 Å². The van der Waals surface area contributed by atoms with Crippen LogP contribution in [0.4, 0.5) is 10.5 Å². The van der Waals surface area contributed by atoms with E-state index in [2.05, 4.69) is 29.4 Å². The van der Waals surface area contributed by atoms with Crippen molar-refractivity contribution < 1.29 is 4.79 Å². The molecular weight excluding hydrogens is 286 g/mol. The van der Waals surface area contributed by atoms with Crippen molar-refractivity contribution in [3.8, 4) is 0 Å². The van der Waals surface area contributed by atoms with E-state index >= 15 is 0 Å². The lowest BCUT2D eigenvalue weighted by Gasteiger charge is -2.34. The molecule has 1 saturated heterocycles. The Balaban J connectivity index is 1.73. The number of piperidine rings is 1. The Morgan fingerprint density at radius 3 is 2.81 bits per heavy atom. The number of benzene rings is 1. The van der Waals surface area contributed by atoms with Crippen LogP contribution in [0.25, 0.3) is 0 Å². The Hall–Kier alpha value is -1.26. The molecule has 0 bridgehead atoms. The predicted molar refractivity (Wildman–Crippen MR) is 87.9 cm³/mol. The SMILES string of the molecule is CC1CCN([C@@H](C)CNC(=O)Nc2cccc(Cl)c2)CC1. The average molecular weight is 310 g/mol. The molecule has 1 atom stereocenters. The summed E-state index contributed by atoms with van der Waals surface area (Å²) < 4.78 is 0. The smallest absolute Gasteiger partial charge is 0.319 e. The van der Waals surface area contributed by atoms with Crippen molar-refractivity contribution in [2.24, 2.45) is 5.92 Å². The van der Waals surface area contributed by atoms with Crippen LogP contribution in [-0.2, 0) is 0 Å². The fourth-order valence-electron chi connectivity index (χ4n) is 2.58. The summed E-state index contributed by atoms with van der Waals surface area (Å²) >= 11 is 5.89. The summed E-state index contributed by atoms with van der Waals surface area (Å²) in [6.45, 7) is 7.37. The van der Waals surface area contributed by atoms with E-state index in [0.717, 1.165) is 19.0 Å². The number of rotatable bonds is 4. The average Bonchev–Trinajstić information content (AvgIpc) is 2.45. The van der Waals surface area contributed by atoms with Crippen molar-refractivity contribution in [2.45, 2.75) is 32.7 Å². The van der Waals surface area contributed by atoms with Gasteiger partial charge in [0.15, 0.2) is 0 Å². The van der Waals surface area contributed by atoms with Crippen molar-refractivity contribution in [3.63, 3.8) is 0 Å². The standard InChI is InChI=1S/C16H24ClN3O/c1-12-6-8-20(9-7-12)13(2)11-18-16(21)19-15-5-3-4-14(17)10-15/h3-5,10,12-13H,6-9,11H2,1-2H3,(H2,18,19,21)/t13-/m0/s1. The Morgan fingerprint density at radius 2 is 2.14 bits per heavy atom. The first-order valence-electron chi connectivity index (χ1n) is 7.59. The minimum absolute atomic E-state index is 0.186. The van der Waals surface area contributed by atoms with Gasteiger partial charge in [-0.25, -0.2) is 4.79 Å². The van der Waals surface area contributed by atoms with Crippen LogP contribution in [0, 0.1) is 5.92 Å². The van der Waals surface area contributed by atoms with Gasteiger partial charge in [0.25, 0.3) is 0 Å². The summed E-state index contributed by atoms with van der Waals surface area (Å²) in [6, 6.07) is 7.33. The largest absolute Gasteiger partial charge is 0.336 e. The Morgan fingerprint density at radius 1 is 1.43 bits per heavy atom. The van der Waals surface area contributed by atoms with Gasteiger partial charge in [0, 0.05) is 23.3 Å². The molecule has 0 unspecified atom stereocenters. The molecule has 2 N–H and O–H groups in total. The molecule has 1 fully saturated rings. The third-order valence-corrected chi connectivity index (χ3v) is 4.32. The molecule has 1 heterocycles. The van der Waals surface area contributed by atoms with Gasteiger partial charge in [0.2, 0.25) is 0 Å². The highest BCUT2D eigenvalue weighted by Crippen LogP contribution is 2.18. The van der Waals surface area contributed by atoms with Crippen LogP contribution in [-0.4, -0.2) is 36.6 Å². The fourth-order valence-corrected chi connectivity index (χ4v) is 2.77. The lowest BCUT2D eigenvalue weighted by atomic mass is 9.98. The number of carbonyl (C=O) groups is 1. The van der Waals surface area contributed by atoms with Crippen LogP contribution in [0.1, 0.15) is 26.7 Å². The van der Waals surface area contributed by atoms with Gasteiger partial charge >= 0.3 is 6.03 Å². The molecule has 0 radical (unpaired) electrons. The maximum Gasteiger partial charge on any atom is 0.319 e. The van der Waals surface area contributed by atoms with E-state index < -0.39 is 0 Å². The van der Waals surface area contributed by atoms with Crippen LogP contribution < -0.4 is 10.6 Å². The van der Waals surface area contributed by atoms with E-state index in [9.17, 15) is 4.79 Å². The van der Waals surface area contributed by atoms with Gasteiger partial charge in [-0.2, -0.15) is 0 Å². The molecule has 1 aliphatic rings. The second-order valence-electron chi connectivity index (χ2n) is 5.91. The van der Waals surface area contributed by atoms with E-state index in [4.69, 9.17) is 11.6 Å².